The summed E-state index contributed by atoms with van der Waals surface area (Å²) < 4.78 is 8.32. The Kier molecular flexibility index (Phi) is 6.31. The molecule has 1 unspecified atom stereocenters. The lowest BCUT2D eigenvalue weighted by molar-refractivity contribution is -0.129. The van der Waals surface area contributed by atoms with Crippen LogP contribution < -0.4 is 20.4 Å². The molecule has 9 heteroatoms. The van der Waals surface area contributed by atoms with Gasteiger partial charge in [-0.2, -0.15) is 0 Å². The van der Waals surface area contributed by atoms with Crippen LogP contribution in [0.2, 0.25) is 0 Å². The van der Waals surface area contributed by atoms with Gasteiger partial charge in [0.2, 0.25) is 11.3 Å². The predicted octanol–water partition coefficient (Wildman–Crippen LogP) is 2.98. The van der Waals surface area contributed by atoms with Gasteiger partial charge in [0, 0.05) is 51.9 Å². The maximum atomic E-state index is 13.6. The van der Waals surface area contributed by atoms with Gasteiger partial charge >= 0.3 is 0 Å². The maximum Gasteiger partial charge on any atom is 0.256 e. The third kappa shape index (κ3) is 4.20. The van der Waals surface area contributed by atoms with Crippen LogP contribution >= 0.6 is 0 Å². The first-order valence-corrected chi connectivity index (χ1v) is 13.4. The van der Waals surface area contributed by atoms with E-state index in [2.05, 4.69) is 22.2 Å². The second-order valence-corrected chi connectivity index (χ2v) is 10.4. The highest BCUT2D eigenvalue weighted by atomic mass is 16.5. The van der Waals surface area contributed by atoms with Crippen molar-refractivity contribution in [2.45, 2.75) is 32.2 Å². The molecule has 2 saturated heterocycles. The van der Waals surface area contributed by atoms with Gasteiger partial charge in [-0.3, -0.25) is 14.4 Å². The number of rotatable bonds is 5. The number of anilines is 1. The minimum atomic E-state index is -0.351. The van der Waals surface area contributed by atoms with Gasteiger partial charge in [0.15, 0.2) is 11.5 Å². The highest BCUT2D eigenvalue weighted by Crippen LogP contribution is 2.45. The number of aromatic nitrogens is 1. The molecule has 0 spiro atoms. The Morgan fingerprint density at radius 2 is 1.82 bits per heavy atom. The van der Waals surface area contributed by atoms with E-state index in [0.29, 0.717) is 61.2 Å². The minimum Gasteiger partial charge on any atom is -0.451 e. The highest BCUT2D eigenvalue weighted by molar-refractivity contribution is 6.01. The number of ether oxygens (including phenoxy) is 1. The zero-order valence-electron chi connectivity index (χ0n) is 21.9. The van der Waals surface area contributed by atoms with Crippen molar-refractivity contribution in [2.24, 2.45) is 0 Å². The summed E-state index contributed by atoms with van der Waals surface area (Å²) in [6.45, 7) is 5.81. The summed E-state index contributed by atoms with van der Waals surface area (Å²) in [6, 6.07) is 11.8. The molecule has 2 aromatic carbocycles. The summed E-state index contributed by atoms with van der Waals surface area (Å²) in [7, 11) is 2.12. The zero-order valence-corrected chi connectivity index (χ0v) is 21.9. The number of benzene rings is 2. The van der Waals surface area contributed by atoms with Gasteiger partial charge in [-0.15, -0.1) is 0 Å². The average Bonchev–Trinajstić information content (AvgIpc) is 3.34. The van der Waals surface area contributed by atoms with Crippen LogP contribution in [-0.4, -0.2) is 78.5 Å². The van der Waals surface area contributed by atoms with E-state index >= 15 is 0 Å². The van der Waals surface area contributed by atoms with Crippen LogP contribution in [0.15, 0.2) is 47.4 Å². The standard InChI is InChI=1S/C29H33N5O4/c1-19(35)32-14-16-33(17-15-32)24-10-9-21-26-28(24)38-25-8-4-3-7-23(25)34(26)18-22(27(21)36)29(37)30-12-11-20-6-5-13-31(20)2/h3-4,7-10,18,20H,5-6,11-17H2,1-2H3,(H,30,37). The Hall–Kier alpha value is -3.85. The number of piperazine rings is 1. The summed E-state index contributed by atoms with van der Waals surface area (Å²) in [5.74, 6) is 0.988. The fourth-order valence-electron chi connectivity index (χ4n) is 5.99. The molecule has 1 atom stereocenters. The van der Waals surface area contributed by atoms with Gasteiger partial charge in [0.05, 0.1) is 16.8 Å². The Balaban J connectivity index is 1.37. The van der Waals surface area contributed by atoms with Crippen molar-refractivity contribution in [1.82, 2.24) is 19.7 Å². The van der Waals surface area contributed by atoms with E-state index in [0.717, 1.165) is 30.8 Å². The van der Waals surface area contributed by atoms with Crippen LogP contribution in [0.3, 0.4) is 0 Å². The Labute approximate surface area is 221 Å². The van der Waals surface area contributed by atoms with Crippen molar-refractivity contribution in [3.63, 3.8) is 0 Å². The van der Waals surface area contributed by atoms with E-state index in [1.54, 1.807) is 19.2 Å². The monoisotopic (exact) mass is 515 g/mol. The molecule has 1 aromatic heterocycles. The molecule has 3 aliphatic rings. The molecular formula is C29H33N5O4. The summed E-state index contributed by atoms with van der Waals surface area (Å²) in [6.07, 6.45) is 4.85. The van der Waals surface area contributed by atoms with Crippen molar-refractivity contribution >= 4 is 28.4 Å². The molecule has 1 N–H and O–H groups in total. The van der Waals surface area contributed by atoms with E-state index < -0.39 is 0 Å². The van der Waals surface area contributed by atoms with Crippen molar-refractivity contribution < 1.29 is 14.3 Å². The Morgan fingerprint density at radius 1 is 1.03 bits per heavy atom. The molecule has 198 valence electrons. The number of fused-ring (bicyclic) bond motifs is 2. The van der Waals surface area contributed by atoms with Crippen molar-refractivity contribution in [2.75, 3.05) is 51.2 Å². The molecule has 3 aromatic rings. The van der Waals surface area contributed by atoms with E-state index in [1.165, 1.54) is 6.42 Å². The summed E-state index contributed by atoms with van der Waals surface area (Å²) in [5.41, 5.74) is 2.14. The van der Waals surface area contributed by atoms with Gasteiger partial charge in [0.25, 0.3) is 5.91 Å². The summed E-state index contributed by atoms with van der Waals surface area (Å²) in [4.78, 5) is 45.0. The Bertz CT molecular complexity index is 1470. The minimum absolute atomic E-state index is 0.0737. The van der Waals surface area contributed by atoms with Gasteiger partial charge in [0.1, 0.15) is 11.1 Å². The van der Waals surface area contributed by atoms with E-state index in [-0.39, 0.29) is 22.8 Å². The summed E-state index contributed by atoms with van der Waals surface area (Å²) in [5, 5.41) is 3.43. The maximum absolute atomic E-state index is 13.6. The van der Waals surface area contributed by atoms with E-state index in [9.17, 15) is 14.4 Å². The molecule has 6 rings (SSSR count). The van der Waals surface area contributed by atoms with Crippen molar-refractivity contribution in [3.05, 3.63) is 58.4 Å². The molecule has 38 heavy (non-hydrogen) atoms. The molecule has 3 aliphatic heterocycles. The number of nitrogens with zero attached hydrogens (tertiary/aromatic N) is 4. The number of nitrogens with one attached hydrogen (secondary N) is 1. The first-order valence-electron chi connectivity index (χ1n) is 13.4. The molecule has 0 bridgehead atoms. The van der Waals surface area contributed by atoms with E-state index in [4.69, 9.17) is 4.74 Å². The van der Waals surface area contributed by atoms with Crippen molar-refractivity contribution in [1.29, 1.82) is 0 Å². The highest BCUT2D eigenvalue weighted by Gasteiger charge is 2.29. The quantitative estimate of drug-likeness (QED) is 0.440. The summed E-state index contributed by atoms with van der Waals surface area (Å²) >= 11 is 0. The second-order valence-electron chi connectivity index (χ2n) is 10.4. The average molecular weight is 516 g/mol. The number of pyridine rings is 1. The number of para-hydroxylation sites is 2. The van der Waals surface area contributed by atoms with E-state index in [1.807, 2.05) is 39.8 Å². The van der Waals surface area contributed by atoms with Gasteiger partial charge in [-0.1, -0.05) is 12.1 Å². The number of hydrogen-bond donors (Lipinski definition) is 1. The SMILES string of the molecule is CC(=O)N1CCN(c2ccc3c(=O)c(C(=O)NCCC4CCCN4C)cn4c3c2Oc2ccccc2-4)CC1. The molecule has 0 radical (unpaired) electrons. The molecule has 9 nitrogen and oxygen atoms in total. The first kappa shape index (κ1) is 24.5. The number of amides is 2. The van der Waals surface area contributed by atoms with Crippen LogP contribution in [0.1, 0.15) is 36.5 Å². The largest absolute Gasteiger partial charge is 0.451 e. The number of hydrogen-bond acceptors (Lipinski definition) is 6. The fourth-order valence-corrected chi connectivity index (χ4v) is 5.99. The molecule has 4 heterocycles. The second kappa shape index (κ2) is 9.79. The zero-order chi connectivity index (χ0) is 26.4. The van der Waals surface area contributed by atoms with Gasteiger partial charge < -0.3 is 29.3 Å². The van der Waals surface area contributed by atoms with Crippen LogP contribution in [0.5, 0.6) is 11.5 Å². The molecule has 0 saturated carbocycles. The Morgan fingerprint density at radius 3 is 2.55 bits per heavy atom. The van der Waals surface area contributed by atoms with Crippen molar-refractivity contribution in [3.8, 4) is 17.2 Å². The molecule has 2 fully saturated rings. The third-order valence-electron chi connectivity index (χ3n) is 8.18. The van der Waals surface area contributed by atoms with Gasteiger partial charge in [-0.25, -0.2) is 0 Å². The van der Waals surface area contributed by atoms with Crippen LogP contribution in [0, 0.1) is 0 Å². The smallest absolute Gasteiger partial charge is 0.256 e. The van der Waals surface area contributed by atoms with Gasteiger partial charge in [-0.05, 0) is 57.1 Å². The third-order valence-corrected chi connectivity index (χ3v) is 8.18. The van der Waals surface area contributed by atoms with Crippen LogP contribution in [-0.2, 0) is 4.79 Å². The first-order chi connectivity index (χ1) is 18.4. The lowest BCUT2D eigenvalue weighted by Gasteiger charge is -2.37. The number of carbonyl (C=O) groups excluding carboxylic acids is 2. The van der Waals surface area contributed by atoms with Crippen LogP contribution in [0.4, 0.5) is 5.69 Å². The molecule has 2 amide bonds. The predicted molar refractivity (Wildman–Crippen MR) is 147 cm³/mol. The molecule has 0 aliphatic carbocycles. The lowest BCUT2D eigenvalue weighted by Crippen LogP contribution is -2.48. The fraction of sp³-hybridized carbons (Fsp3) is 0.414. The topological polar surface area (TPSA) is 87.1 Å². The number of likely N-dealkylation sites (tertiary alicyclic amines) is 1. The normalized spacial score (nSPS) is 18.8. The molecular weight excluding hydrogens is 482 g/mol. The van der Waals surface area contributed by atoms with Crippen LogP contribution in [0.25, 0.3) is 16.6 Å². The number of carbonyl (C=O) groups is 2. The lowest BCUT2D eigenvalue weighted by atomic mass is 10.1.